The molecule has 1 rings (SSSR count). The molecule has 3 N–H and O–H groups in total. The molecule has 0 saturated carbocycles. The van der Waals surface area contributed by atoms with Crippen molar-refractivity contribution in [2.75, 3.05) is 12.0 Å². The summed E-state index contributed by atoms with van der Waals surface area (Å²) in [4.78, 5) is 3.21. The van der Waals surface area contributed by atoms with Crippen molar-refractivity contribution in [3.05, 3.63) is 11.4 Å². The minimum absolute atomic E-state index is 0.347. The van der Waals surface area contributed by atoms with Crippen LogP contribution in [0, 0.1) is 6.57 Å². The average molecular weight is 154 g/mol. The topological polar surface area (TPSA) is 59.1 Å². The zero-order chi connectivity index (χ0) is 7.56. The Morgan fingerprint density at radius 1 is 1.80 bits per heavy atom. The zero-order valence-electron chi connectivity index (χ0n) is 5.38. The van der Waals surface area contributed by atoms with Gasteiger partial charge in [0.25, 0.3) is 5.69 Å². The van der Waals surface area contributed by atoms with Gasteiger partial charge in [0.15, 0.2) is 0 Å². The molecule has 0 bridgehead atoms. The molecule has 4 nitrogen and oxygen atoms in total. The third-order valence-electron chi connectivity index (χ3n) is 1.04. The molecule has 0 aliphatic heterocycles. The normalized spacial score (nSPS) is 9.20. The van der Waals surface area contributed by atoms with Crippen molar-refractivity contribution in [1.29, 1.82) is 0 Å². The van der Waals surface area contributed by atoms with Gasteiger partial charge in [-0.15, -0.1) is 11.8 Å². The molecule has 0 unspecified atom stereocenters. The van der Waals surface area contributed by atoms with E-state index in [1.54, 1.807) is 0 Å². The lowest BCUT2D eigenvalue weighted by Crippen LogP contribution is -1.82. The fraction of sp³-hybridized carbons (Fsp3) is 0.200. The molecule has 1 heterocycles. The Morgan fingerprint density at radius 2 is 2.50 bits per heavy atom. The van der Waals surface area contributed by atoms with Gasteiger partial charge >= 0.3 is 0 Å². The molecule has 0 aromatic carbocycles. The molecule has 0 radical (unpaired) electrons. The number of aromatic amines is 1. The van der Waals surface area contributed by atoms with Crippen LogP contribution in [0.2, 0.25) is 0 Å². The Hall–Kier alpha value is -1.15. The molecular weight excluding hydrogens is 148 g/mol. The van der Waals surface area contributed by atoms with E-state index < -0.39 is 0 Å². The second-order valence-corrected chi connectivity index (χ2v) is 2.40. The summed E-state index contributed by atoms with van der Waals surface area (Å²) in [6.45, 7) is 6.72. The van der Waals surface area contributed by atoms with Gasteiger partial charge in [0, 0.05) is 0 Å². The van der Waals surface area contributed by atoms with Gasteiger partial charge in [0.05, 0.1) is 6.57 Å². The summed E-state index contributed by atoms with van der Waals surface area (Å²) in [6.07, 6.45) is 1.85. The molecule has 0 amide bonds. The fourth-order valence-corrected chi connectivity index (χ4v) is 1.07. The predicted molar refractivity (Wildman–Crippen MR) is 41.0 cm³/mol. The Morgan fingerprint density at radius 3 is 2.90 bits per heavy atom. The average Bonchev–Trinajstić information content (AvgIpc) is 2.30. The molecule has 0 spiro atoms. The van der Waals surface area contributed by atoms with Crippen molar-refractivity contribution >= 4 is 23.3 Å². The molecule has 52 valence electrons. The molecule has 0 atom stereocenters. The molecule has 0 aliphatic rings. The predicted octanol–water partition coefficient (Wildman–Crippen LogP) is 1.26. The first kappa shape index (κ1) is 6.96. The van der Waals surface area contributed by atoms with Gasteiger partial charge in [-0.2, -0.15) is 5.10 Å². The van der Waals surface area contributed by atoms with E-state index in [-0.39, 0.29) is 0 Å². The van der Waals surface area contributed by atoms with Crippen LogP contribution in [0.1, 0.15) is 0 Å². The maximum atomic E-state index is 6.72. The number of aromatic nitrogens is 2. The third-order valence-corrected chi connectivity index (χ3v) is 1.71. The first-order valence-electron chi connectivity index (χ1n) is 2.55. The number of H-pyrrole nitrogens is 1. The summed E-state index contributed by atoms with van der Waals surface area (Å²) in [5.41, 5.74) is 5.81. The lowest BCUT2D eigenvalue weighted by molar-refractivity contribution is 1.01. The fourth-order valence-electron chi connectivity index (χ4n) is 0.582. The van der Waals surface area contributed by atoms with Gasteiger partial charge < -0.3 is 5.73 Å². The summed E-state index contributed by atoms with van der Waals surface area (Å²) in [7, 11) is 0. The number of thioether (sulfide) groups is 1. The van der Waals surface area contributed by atoms with Crippen LogP contribution in [0.5, 0.6) is 0 Å². The van der Waals surface area contributed by atoms with Crippen molar-refractivity contribution in [3.63, 3.8) is 0 Å². The Balaban J connectivity index is 3.17. The smallest absolute Gasteiger partial charge is 0.260 e. The van der Waals surface area contributed by atoms with Crippen molar-refractivity contribution in [3.8, 4) is 0 Å². The molecule has 10 heavy (non-hydrogen) atoms. The summed E-state index contributed by atoms with van der Waals surface area (Å²) >= 11 is 1.40. The van der Waals surface area contributed by atoms with Gasteiger partial charge in [-0.25, -0.2) is 4.85 Å². The summed E-state index contributed by atoms with van der Waals surface area (Å²) in [5, 5.41) is 7.00. The van der Waals surface area contributed by atoms with Crippen molar-refractivity contribution in [1.82, 2.24) is 10.2 Å². The second-order valence-electron chi connectivity index (χ2n) is 1.61. The van der Waals surface area contributed by atoms with Gasteiger partial charge in [0.1, 0.15) is 10.8 Å². The van der Waals surface area contributed by atoms with E-state index in [1.807, 2.05) is 6.26 Å². The Bertz CT molecular complexity index is 272. The molecule has 5 heteroatoms. The van der Waals surface area contributed by atoms with E-state index in [9.17, 15) is 0 Å². The van der Waals surface area contributed by atoms with E-state index in [2.05, 4.69) is 15.0 Å². The molecule has 1 aromatic rings. The van der Waals surface area contributed by atoms with E-state index in [4.69, 9.17) is 12.3 Å². The molecule has 0 fully saturated rings. The number of anilines is 1. The van der Waals surface area contributed by atoms with Crippen LogP contribution in [0.25, 0.3) is 4.85 Å². The highest BCUT2D eigenvalue weighted by atomic mass is 32.2. The summed E-state index contributed by atoms with van der Waals surface area (Å²) < 4.78 is 0. The quantitative estimate of drug-likeness (QED) is 0.473. The van der Waals surface area contributed by atoms with Crippen LogP contribution in [0.4, 0.5) is 11.5 Å². The van der Waals surface area contributed by atoms with E-state index in [0.29, 0.717) is 16.5 Å². The van der Waals surface area contributed by atoms with E-state index in [0.717, 1.165) is 0 Å². The molecule has 1 aromatic heterocycles. The first-order chi connectivity index (χ1) is 4.79. The molecular formula is C5H6N4S. The van der Waals surface area contributed by atoms with Crippen LogP contribution < -0.4 is 5.73 Å². The zero-order valence-corrected chi connectivity index (χ0v) is 6.20. The van der Waals surface area contributed by atoms with Crippen molar-refractivity contribution in [2.24, 2.45) is 0 Å². The molecule has 0 aliphatic carbocycles. The number of nitrogens with one attached hydrogen (secondary N) is 1. The number of nitrogens with zero attached hydrogens (tertiary/aromatic N) is 2. The number of hydrogen-bond donors (Lipinski definition) is 2. The summed E-state index contributed by atoms with van der Waals surface area (Å²) in [6, 6.07) is 0. The van der Waals surface area contributed by atoms with Crippen molar-refractivity contribution in [2.45, 2.75) is 5.03 Å². The largest absolute Gasteiger partial charge is 0.393 e. The first-order valence-corrected chi connectivity index (χ1v) is 3.77. The number of hydrogen-bond acceptors (Lipinski definition) is 3. The number of nitrogens with two attached hydrogens (primary N) is 1. The Labute approximate surface area is 62.6 Å². The van der Waals surface area contributed by atoms with Crippen LogP contribution in [0.15, 0.2) is 5.03 Å². The highest BCUT2D eigenvalue weighted by Gasteiger charge is 2.08. The summed E-state index contributed by atoms with van der Waals surface area (Å²) in [5.74, 6) is 0.347. The van der Waals surface area contributed by atoms with Crippen LogP contribution >= 0.6 is 11.8 Å². The van der Waals surface area contributed by atoms with E-state index >= 15 is 0 Å². The standard InChI is InChI=1S/C5H6N4S/c1-7-3-4(6)8-9-5(3)10-2/h2H3,(H3,6,8,9). The van der Waals surface area contributed by atoms with Gasteiger partial charge in [0.2, 0.25) is 0 Å². The lowest BCUT2D eigenvalue weighted by atomic mass is 10.5. The lowest BCUT2D eigenvalue weighted by Gasteiger charge is -1.85. The third kappa shape index (κ3) is 0.933. The number of nitrogen functional groups attached to an aromatic ring is 1. The van der Waals surface area contributed by atoms with Gasteiger partial charge in [-0.1, -0.05) is 0 Å². The minimum atomic E-state index is 0.347. The minimum Gasteiger partial charge on any atom is -0.393 e. The molecule has 0 saturated heterocycles. The van der Waals surface area contributed by atoms with Gasteiger partial charge in [-0.05, 0) is 6.26 Å². The van der Waals surface area contributed by atoms with Crippen molar-refractivity contribution < 1.29 is 0 Å². The monoisotopic (exact) mass is 154 g/mol. The highest BCUT2D eigenvalue weighted by molar-refractivity contribution is 7.98. The van der Waals surface area contributed by atoms with E-state index in [1.165, 1.54) is 11.8 Å². The van der Waals surface area contributed by atoms with Crippen LogP contribution in [0.3, 0.4) is 0 Å². The van der Waals surface area contributed by atoms with Gasteiger partial charge in [-0.3, -0.25) is 5.10 Å². The van der Waals surface area contributed by atoms with Crippen LogP contribution in [-0.2, 0) is 0 Å². The highest BCUT2D eigenvalue weighted by Crippen LogP contribution is 2.30. The van der Waals surface area contributed by atoms with Crippen LogP contribution in [-0.4, -0.2) is 16.5 Å². The SMILES string of the molecule is [C-]#[N+]c1c(SC)n[nH]c1N. The maximum Gasteiger partial charge on any atom is 0.260 e. The maximum absolute atomic E-state index is 6.72. The Kier molecular flexibility index (Phi) is 1.83. The number of rotatable bonds is 1. The second kappa shape index (κ2) is 2.62.